The number of anilines is 2. The molecule has 3 heterocycles. The van der Waals surface area contributed by atoms with Gasteiger partial charge in [0.1, 0.15) is 16.6 Å². The number of rotatable bonds is 6. The summed E-state index contributed by atoms with van der Waals surface area (Å²) in [4.78, 5) is 4.58. The van der Waals surface area contributed by atoms with Gasteiger partial charge in [-0.1, -0.05) is 32.7 Å². The van der Waals surface area contributed by atoms with Crippen molar-refractivity contribution in [3.63, 3.8) is 0 Å². The standard InChI is InChI=1S/C15H18N4O.C6H8N2S.C2H2.CH4/c1-3-16-15-17-14-13(5-4-10-19(14)18-15)11-6-8-12(20-2)9-7-11;1-3-7-6-4-5(2)8-9-6;1-2;/h3,6-9,13H,1,4-5,10H2,2H3,(H,16,18);3-4,7H,1H2,2H3;1-2H;1H4. The molecule has 32 heavy (non-hydrogen) atoms. The summed E-state index contributed by atoms with van der Waals surface area (Å²) < 4.78 is 11.3. The number of fused-ring (bicyclic) bond motifs is 1. The average Bonchev–Trinajstić information content (AvgIpc) is 3.41. The molecular weight excluding hydrogens is 420 g/mol. The smallest absolute Gasteiger partial charge is 0.246 e. The van der Waals surface area contributed by atoms with Gasteiger partial charge in [-0.15, -0.1) is 17.9 Å². The Balaban J connectivity index is 0.000000361. The number of benzene rings is 1. The van der Waals surface area contributed by atoms with Gasteiger partial charge < -0.3 is 15.4 Å². The van der Waals surface area contributed by atoms with Crippen molar-refractivity contribution >= 4 is 22.5 Å². The average molecular weight is 453 g/mol. The first-order valence-corrected chi connectivity index (χ1v) is 10.5. The summed E-state index contributed by atoms with van der Waals surface area (Å²) in [6.07, 6.45) is 13.5. The molecule has 0 fully saturated rings. The molecule has 1 atom stereocenters. The van der Waals surface area contributed by atoms with Gasteiger partial charge >= 0.3 is 0 Å². The quantitative estimate of drug-likeness (QED) is 0.470. The third kappa shape index (κ3) is 7.00. The van der Waals surface area contributed by atoms with Gasteiger partial charge in [-0.3, -0.25) is 0 Å². The maximum Gasteiger partial charge on any atom is 0.246 e. The number of nitrogens with one attached hydrogen (secondary N) is 2. The fourth-order valence-electron chi connectivity index (χ4n) is 3.19. The van der Waals surface area contributed by atoms with E-state index >= 15 is 0 Å². The largest absolute Gasteiger partial charge is 0.497 e. The molecule has 2 aromatic heterocycles. The van der Waals surface area contributed by atoms with Crippen molar-refractivity contribution < 1.29 is 4.74 Å². The SMILES string of the molecule is C.C#C.C=CNc1cc(C)ns1.C=CNc1nc2n(n1)CCCC2c1ccc(OC)cc1. The van der Waals surface area contributed by atoms with Crippen LogP contribution in [0.5, 0.6) is 5.75 Å². The van der Waals surface area contributed by atoms with E-state index in [0.29, 0.717) is 11.9 Å². The molecule has 2 N–H and O–H groups in total. The van der Waals surface area contributed by atoms with Gasteiger partial charge in [0.15, 0.2) is 0 Å². The molecule has 0 saturated carbocycles. The molecule has 0 amide bonds. The Morgan fingerprint density at radius 3 is 2.44 bits per heavy atom. The zero-order valence-corrected chi connectivity index (χ0v) is 18.7. The van der Waals surface area contributed by atoms with E-state index in [0.717, 1.165) is 41.7 Å². The minimum atomic E-state index is 0. The van der Waals surface area contributed by atoms with Crippen LogP contribution in [0.25, 0.3) is 0 Å². The molecule has 1 aliphatic rings. The zero-order valence-electron chi connectivity index (χ0n) is 17.9. The fourth-order valence-corrected chi connectivity index (χ4v) is 3.84. The van der Waals surface area contributed by atoms with Gasteiger partial charge in [-0.25, -0.2) is 4.68 Å². The Morgan fingerprint density at radius 2 is 1.88 bits per heavy atom. The van der Waals surface area contributed by atoms with E-state index in [2.05, 4.69) is 63.2 Å². The lowest BCUT2D eigenvalue weighted by Gasteiger charge is -2.22. The Kier molecular flexibility index (Phi) is 11.3. The van der Waals surface area contributed by atoms with Crippen molar-refractivity contribution in [2.24, 2.45) is 0 Å². The summed E-state index contributed by atoms with van der Waals surface area (Å²) in [5.41, 5.74) is 2.30. The second-order valence-corrected chi connectivity index (χ2v) is 7.32. The Hall–Kier alpha value is -3.57. The summed E-state index contributed by atoms with van der Waals surface area (Å²) >= 11 is 1.44. The van der Waals surface area contributed by atoms with Crippen molar-refractivity contribution in [3.8, 4) is 18.6 Å². The van der Waals surface area contributed by atoms with Gasteiger partial charge in [0.2, 0.25) is 5.95 Å². The normalized spacial score (nSPS) is 13.4. The second-order valence-electron chi connectivity index (χ2n) is 6.51. The molecule has 0 spiro atoms. The Morgan fingerprint density at radius 1 is 1.19 bits per heavy atom. The van der Waals surface area contributed by atoms with Gasteiger partial charge in [-0.05, 0) is 67.5 Å². The summed E-state index contributed by atoms with van der Waals surface area (Å²) in [5, 5.41) is 11.4. The highest BCUT2D eigenvalue weighted by Crippen LogP contribution is 2.33. The number of hydrogen-bond donors (Lipinski definition) is 2. The van der Waals surface area contributed by atoms with Gasteiger partial charge in [-0.2, -0.15) is 9.36 Å². The number of aryl methyl sites for hydroxylation is 2. The number of aromatic nitrogens is 4. The predicted octanol–water partition coefficient (Wildman–Crippen LogP) is 5.66. The fraction of sp³-hybridized carbons (Fsp3) is 0.292. The maximum absolute atomic E-state index is 5.21. The molecule has 1 aromatic carbocycles. The van der Waals surface area contributed by atoms with Crippen LogP contribution in [-0.2, 0) is 6.54 Å². The zero-order chi connectivity index (χ0) is 22.6. The van der Waals surface area contributed by atoms with E-state index < -0.39 is 0 Å². The van der Waals surface area contributed by atoms with E-state index in [9.17, 15) is 0 Å². The van der Waals surface area contributed by atoms with Gasteiger partial charge in [0.05, 0.1) is 12.8 Å². The van der Waals surface area contributed by atoms with Crippen molar-refractivity contribution in [2.75, 3.05) is 17.7 Å². The first kappa shape index (κ1) is 26.5. The summed E-state index contributed by atoms with van der Waals surface area (Å²) in [7, 11) is 1.68. The van der Waals surface area contributed by atoms with E-state index in [1.807, 2.05) is 29.8 Å². The van der Waals surface area contributed by atoms with Crippen LogP contribution in [0.3, 0.4) is 0 Å². The molecule has 0 aliphatic carbocycles. The molecule has 7 nitrogen and oxygen atoms in total. The number of methoxy groups -OCH3 is 1. The lowest BCUT2D eigenvalue weighted by molar-refractivity contribution is 0.413. The minimum absolute atomic E-state index is 0. The van der Waals surface area contributed by atoms with Crippen LogP contribution in [0.1, 0.15) is 43.3 Å². The number of ether oxygens (including phenoxy) is 1. The van der Waals surface area contributed by atoms with E-state index in [-0.39, 0.29) is 7.43 Å². The number of hydrogen-bond acceptors (Lipinski definition) is 7. The van der Waals surface area contributed by atoms with E-state index in [4.69, 9.17) is 4.74 Å². The van der Waals surface area contributed by atoms with Crippen molar-refractivity contribution in [3.05, 3.63) is 73.0 Å². The van der Waals surface area contributed by atoms with Gasteiger partial charge in [0, 0.05) is 12.5 Å². The van der Waals surface area contributed by atoms with Crippen molar-refractivity contribution in [1.29, 1.82) is 0 Å². The third-order valence-corrected chi connectivity index (χ3v) is 5.31. The number of terminal acetylenes is 1. The molecule has 1 aliphatic heterocycles. The molecule has 8 heteroatoms. The monoisotopic (exact) mass is 452 g/mol. The highest BCUT2D eigenvalue weighted by Gasteiger charge is 2.25. The summed E-state index contributed by atoms with van der Waals surface area (Å²) in [6.45, 7) is 10.1. The molecule has 1 unspecified atom stereocenters. The Labute approximate surface area is 195 Å². The second kappa shape index (κ2) is 13.7. The molecule has 0 bridgehead atoms. The highest BCUT2D eigenvalue weighted by atomic mass is 32.1. The maximum atomic E-state index is 5.21. The highest BCUT2D eigenvalue weighted by molar-refractivity contribution is 7.10. The number of nitrogens with zero attached hydrogens (tertiary/aromatic N) is 4. The predicted molar refractivity (Wildman–Crippen MR) is 135 cm³/mol. The Bertz CT molecular complexity index is 990. The van der Waals surface area contributed by atoms with Crippen LogP contribution in [0.15, 0.2) is 55.9 Å². The molecule has 3 aromatic rings. The first-order valence-electron chi connectivity index (χ1n) is 9.74. The van der Waals surface area contributed by atoms with Crippen LogP contribution >= 0.6 is 11.5 Å². The lowest BCUT2D eigenvalue weighted by atomic mass is 9.91. The molecule has 4 rings (SSSR count). The van der Waals surface area contributed by atoms with E-state index in [1.165, 1.54) is 17.1 Å². The van der Waals surface area contributed by atoms with Crippen molar-refractivity contribution in [1.82, 2.24) is 19.1 Å². The topological polar surface area (TPSA) is 76.9 Å². The van der Waals surface area contributed by atoms with Gasteiger partial charge in [0.25, 0.3) is 0 Å². The van der Waals surface area contributed by atoms with Crippen LogP contribution < -0.4 is 15.4 Å². The molecular formula is C24H32N6OS. The molecule has 170 valence electrons. The molecule has 0 radical (unpaired) electrons. The van der Waals surface area contributed by atoms with Crippen molar-refractivity contribution in [2.45, 2.75) is 39.7 Å². The van der Waals surface area contributed by atoms with Crippen LogP contribution in [0, 0.1) is 19.8 Å². The summed E-state index contributed by atoms with van der Waals surface area (Å²) in [6, 6.07) is 10.2. The van der Waals surface area contributed by atoms with Crippen LogP contribution in [0.2, 0.25) is 0 Å². The van der Waals surface area contributed by atoms with Crippen LogP contribution in [0.4, 0.5) is 10.9 Å². The molecule has 0 saturated heterocycles. The summed E-state index contributed by atoms with van der Waals surface area (Å²) in [5.74, 6) is 2.81. The van der Waals surface area contributed by atoms with E-state index in [1.54, 1.807) is 19.5 Å². The lowest BCUT2D eigenvalue weighted by Crippen LogP contribution is -2.17. The van der Waals surface area contributed by atoms with Crippen LogP contribution in [-0.4, -0.2) is 26.2 Å². The third-order valence-electron chi connectivity index (χ3n) is 4.50. The first-order chi connectivity index (χ1) is 15.1. The minimum Gasteiger partial charge on any atom is -0.497 e.